The van der Waals surface area contributed by atoms with E-state index in [-0.39, 0.29) is 23.9 Å². The van der Waals surface area contributed by atoms with Crippen LogP contribution >= 0.6 is 0 Å². The average molecular weight is 435 g/mol. The number of amides is 1. The van der Waals surface area contributed by atoms with Crippen LogP contribution in [0.3, 0.4) is 0 Å². The lowest BCUT2D eigenvalue weighted by molar-refractivity contribution is 0.0697. The molecule has 1 heterocycles. The maximum Gasteiger partial charge on any atom is 0.254 e. The minimum atomic E-state index is -3.62. The number of carbonyl (C=O) groups excluding carboxylic acids is 1. The molecule has 0 atom stereocenters. The molecule has 0 aliphatic carbocycles. The summed E-state index contributed by atoms with van der Waals surface area (Å²) in [6.45, 7) is 3.46. The van der Waals surface area contributed by atoms with E-state index in [1.807, 2.05) is 6.92 Å². The first-order valence-electron chi connectivity index (χ1n) is 9.65. The molecule has 0 unspecified atom stereocenters. The number of ether oxygens (including phenoxy) is 3. The van der Waals surface area contributed by atoms with Crippen LogP contribution in [0.2, 0.25) is 0 Å². The van der Waals surface area contributed by atoms with Gasteiger partial charge in [-0.25, -0.2) is 8.42 Å². The molecular weight excluding hydrogens is 408 g/mol. The first-order valence-corrected chi connectivity index (χ1v) is 11.1. The van der Waals surface area contributed by atoms with Crippen LogP contribution in [0.15, 0.2) is 47.4 Å². The lowest BCUT2D eigenvalue weighted by atomic mass is 10.1. The summed E-state index contributed by atoms with van der Waals surface area (Å²) >= 11 is 0. The van der Waals surface area contributed by atoms with Crippen molar-refractivity contribution in [2.24, 2.45) is 0 Å². The summed E-state index contributed by atoms with van der Waals surface area (Å²) in [7, 11) is -0.582. The highest BCUT2D eigenvalue weighted by molar-refractivity contribution is 7.89. The zero-order valence-electron chi connectivity index (χ0n) is 17.3. The zero-order valence-corrected chi connectivity index (χ0v) is 18.1. The molecule has 0 radical (unpaired) electrons. The van der Waals surface area contributed by atoms with Crippen molar-refractivity contribution in [3.63, 3.8) is 0 Å². The van der Waals surface area contributed by atoms with Crippen molar-refractivity contribution in [2.45, 2.75) is 11.8 Å². The molecular formula is C21H26N2O6S. The van der Waals surface area contributed by atoms with Crippen LogP contribution in [0.4, 0.5) is 0 Å². The van der Waals surface area contributed by atoms with Crippen LogP contribution in [-0.4, -0.2) is 70.5 Å². The summed E-state index contributed by atoms with van der Waals surface area (Å²) in [6.07, 6.45) is 0. The Morgan fingerprint density at radius 2 is 1.57 bits per heavy atom. The number of rotatable bonds is 7. The van der Waals surface area contributed by atoms with Gasteiger partial charge in [0.1, 0.15) is 5.75 Å². The molecule has 0 spiro atoms. The molecule has 0 N–H and O–H groups in total. The second-order valence-corrected chi connectivity index (χ2v) is 8.61. The standard InChI is InChI=1S/C21H26N2O6S/c1-4-29-17-6-8-18(9-7-17)30(25,26)23-13-11-22(12-14-23)21(24)16-5-10-19(27-2)20(15-16)28-3/h5-10,15H,4,11-14H2,1-3H3. The second-order valence-electron chi connectivity index (χ2n) is 6.67. The van der Waals surface area contributed by atoms with Gasteiger partial charge in [0.25, 0.3) is 5.91 Å². The highest BCUT2D eigenvalue weighted by Crippen LogP contribution is 2.28. The van der Waals surface area contributed by atoms with E-state index in [2.05, 4.69) is 0 Å². The number of hydrogen-bond donors (Lipinski definition) is 0. The maximum absolute atomic E-state index is 12.9. The molecule has 2 aromatic carbocycles. The zero-order chi connectivity index (χ0) is 21.7. The lowest BCUT2D eigenvalue weighted by Gasteiger charge is -2.34. The van der Waals surface area contributed by atoms with Crippen molar-refractivity contribution in [3.05, 3.63) is 48.0 Å². The Hall–Kier alpha value is -2.78. The number of carbonyl (C=O) groups is 1. The number of methoxy groups -OCH3 is 2. The highest BCUT2D eigenvalue weighted by Gasteiger charge is 2.30. The summed E-state index contributed by atoms with van der Waals surface area (Å²) in [5.41, 5.74) is 0.468. The number of piperazine rings is 1. The van der Waals surface area contributed by atoms with E-state index >= 15 is 0 Å². The van der Waals surface area contributed by atoms with E-state index in [0.717, 1.165) is 0 Å². The molecule has 2 aromatic rings. The molecule has 0 saturated carbocycles. The maximum atomic E-state index is 12.9. The first kappa shape index (κ1) is 21.9. The first-order chi connectivity index (χ1) is 14.4. The molecule has 1 aliphatic rings. The van der Waals surface area contributed by atoms with Crippen molar-refractivity contribution in [3.8, 4) is 17.2 Å². The summed E-state index contributed by atoms with van der Waals surface area (Å²) < 4.78 is 43.0. The Bertz CT molecular complexity index is 983. The van der Waals surface area contributed by atoms with E-state index in [0.29, 0.717) is 42.5 Å². The van der Waals surface area contributed by atoms with Gasteiger partial charge in [-0.15, -0.1) is 0 Å². The van der Waals surface area contributed by atoms with E-state index in [1.165, 1.54) is 18.5 Å². The van der Waals surface area contributed by atoms with Crippen molar-refractivity contribution in [1.29, 1.82) is 0 Å². The van der Waals surface area contributed by atoms with Gasteiger partial charge in [0.05, 0.1) is 25.7 Å². The second kappa shape index (κ2) is 9.36. The molecule has 1 amide bonds. The van der Waals surface area contributed by atoms with Crippen molar-refractivity contribution < 1.29 is 27.4 Å². The Morgan fingerprint density at radius 1 is 0.933 bits per heavy atom. The minimum absolute atomic E-state index is 0.172. The predicted octanol–water partition coefficient (Wildman–Crippen LogP) is 2.25. The molecule has 162 valence electrons. The molecule has 0 bridgehead atoms. The van der Waals surface area contributed by atoms with Crippen molar-refractivity contribution in [1.82, 2.24) is 9.21 Å². The van der Waals surface area contributed by atoms with Gasteiger partial charge in [0.2, 0.25) is 10.0 Å². The topological polar surface area (TPSA) is 85.4 Å². The summed E-state index contributed by atoms with van der Waals surface area (Å²) in [5.74, 6) is 1.47. The van der Waals surface area contributed by atoms with E-state index in [9.17, 15) is 13.2 Å². The molecule has 9 heteroatoms. The molecule has 1 aliphatic heterocycles. The van der Waals surface area contributed by atoms with Crippen molar-refractivity contribution >= 4 is 15.9 Å². The van der Waals surface area contributed by atoms with Crippen LogP contribution in [0.5, 0.6) is 17.2 Å². The SMILES string of the molecule is CCOc1ccc(S(=O)(=O)N2CCN(C(=O)c3ccc(OC)c(OC)c3)CC2)cc1. The Kier molecular flexibility index (Phi) is 6.84. The van der Waals surface area contributed by atoms with Gasteiger partial charge in [-0.1, -0.05) is 0 Å². The van der Waals surface area contributed by atoms with E-state index < -0.39 is 10.0 Å². The Balaban J connectivity index is 1.67. The fourth-order valence-corrected chi connectivity index (χ4v) is 4.73. The van der Waals surface area contributed by atoms with Gasteiger partial charge >= 0.3 is 0 Å². The lowest BCUT2D eigenvalue weighted by Crippen LogP contribution is -2.50. The molecule has 3 rings (SSSR count). The van der Waals surface area contributed by atoms with E-state index in [4.69, 9.17) is 14.2 Å². The Labute approximate surface area is 177 Å². The van der Waals surface area contributed by atoms with Crippen LogP contribution in [0, 0.1) is 0 Å². The third-order valence-corrected chi connectivity index (χ3v) is 6.84. The highest BCUT2D eigenvalue weighted by atomic mass is 32.2. The largest absolute Gasteiger partial charge is 0.494 e. The number of sulfonamides is 1. The fourth-order valence-electron chi connectivity index (χ4n) is 3.31. The smallest absolute Gasteiger partial charge is 0.254 e. The van der Waals surface area contributed by atoms with Crippen LogP contribution in [0.25, 0.3) is 0 Å². The van der Waals surface area contributed by atoms with Gasteiger partial charge in [0, 0.05) is 31.7 Å². The third-order valence-electron chi connectivity index (χ3n) is 4.93. The van der Waals surface area contributed by atoms with Gasteiger partial charge in [-0.2, -0.15) is 4.31 Å². The predicted molar refractivity (Wildman–Crippen MR) is 112 cm³/mol. The monoisotopic (exact) mass is 434 g/mol. The normalized spacial score (nSPS) is 15.0. The quantitative estimate of drug-likeness (QED) is 0.665. The summed E-state index contributed by atoms with van der Waals surface area (Å²) in [4.78, 5) is 14.7. The molecule has 1 saturated heterocycles. The number of benzene rings is 2. The summed E-state index contributed by atoms with van der Waals surface area (Å²) in [5, 5.41) is 0. The number of nitrogens with zero attached hydrogens (tertiary/aromatic N) is 2. The third kappa shape index (κ3) is 4.52. The molecule has 8 nitrogen and oxygen atoms in total. The van der Waals surface area contributed by atoms with Crippen LogP contribution in [-0.2, 0) is 10.0 Å². The van der Waals surface area contributed by atoms with Gasteiger partial charge in [-0.3, -0.25) is 4.79 Å². The van der Waals surface area contributed by atoms with Crippen LogP contribution in [0.1, 0.15) is 17.3 Å². The fraction of sp³-hybridized carbons (Fsp3) is 0.381. The summed E-state index contributed by atoms with van der Waals surface area (Å²) in [6, 6.07) is 11.4. The Morgan fingerprint density at radius 3 is 2.13 bits per heavy atom. The molecule has 0 aromatic heterocycles. The molecule has 30 heavy (non-hydrogen) atoms. The molecule has 1 fully saturated rings. The average Bonchev–Trinajstić information content (AvgIpc) is 2.78. The van der Waals surface area contributed by atoms with Crippen molar-refractivity contribution in [2.75, 3.05) is 47.0 Å². The van der Waals surface area contributed by atoms with Gasteiger partial charge in [-0.05, 0) is 49.4 Å². The van der Waals surface area contributed by atoms with E-state index in [1.54, 1.807) is 47.4 Å². The number of hydrogen-bond acceptors (Lipinski definition) is 6. The van der Waals surface area contributed by atoms with Gasteiger partial charge < -0.3 is 19.1 Å². The van der Waals surface area contributed by atoms with Gasteiger partial charge in [0.15, 0.2) is 11.5 Å². The van der Waals surface area contributed by atoms with Crippen LogP contribution < -0.4 is 14.2 Å². The minimum Gasteiger partial charge on any atom is -0.494 e.